The minimum absolute atomic E-state index is 0.0546. The second-order valence-electron chi connectivity index (χ2n) is 5.73. The van der Waals surface area contributed by atoms with Crippen LogP contribution in [0.2, 0.25) is 10.0 Å². The van der Waals surface area contributed by atoms with Gasteiger partial charge in [0.1, 0.15) is 5.82 Å². The maximum Gasteiger partial charge on any atom is 0.236 e. The van der Waals surface area contributed by atoms with Crippen LogP contribution < -0.4 is 5.32 Å². The van der Waals surface area contributed by atoms with Crippen LogP contribution in [0.3, 0.4) is 0 Å². The quantitative estimate of drug-likeness (QED) is 0.879. The fourth-order valence-corrected chi connectivity index (χ4v) is 3.46. The molecular weight excluding hydrogens is 319 g/mol. The average molecular weight is 335 g/mol. The lowest BCUT2D eigenvalue weighted by Gasteiger charge is -2.41. The van der Waals surface area contributed by atoms with E-state index in [0.717, 1.165) is 30.4 Å². The van der Waals surface area contributed by atoms with E-state index in [-0.39, 0.29) is 5.91 Å². The predicted molar refractivity (Wildman–Crippen MR) is 89.6 cm³/mol. The van der Waals surface area contributed by atoms with Crippen molar-refractivity contribution in [2.24, 2.45) is 0 Å². The molecule has 1 aromatic carbocycles. The van der Waals surface area contributed by atoms with Crippen molar-refractivity contribution in [1.82, 2.24) is 4.98 Å². The molecule has 3 rings (SSSR count). The second kappa shape index (κ2) is 5.90. The van der Waals surface area contributed by atoms with Gasteiger partial charge >= 0.3 is 0 Å². The van der Waals surface area contributed by atoms with Crippen LogP contribution in [0, 0.1) is 6.92 Å². The van der Waals surface area contributed by atoms with Crippen molar-refractivity contribution >= 4 is 34.9 Å². The molecule has 5 heteroatoms. The van der Waals surface area contributed by atoms with E-state index in [0.29, 0.717) is 15.9 Å². The number of pyridine rings is 1. The largest absolute Gasteiger partial charge is 0.310 e. The molecular formula is C17H16Cl2N2O. The Morgan fingerprint density at radius 1 is 1.23 bits per heavy atom. The number of aromatic nitrogens is 1. The molecule has 0 spiro atoms. The molecule has 0 unspecified atom stereocenters. The first kappa shape index (κ1) is 15.3. The van der Waals surface area contributed by atoms with Crippen LogP contribution in [0.25, 0.3) is 0 Å². The van der Waals surface area contributed by atoms with E-state index >= 15 is 0 Å². The lowest BCUT2D eigenvalue weighted by molar-refractivity contribution is -0.124. The summed E-state index contributed by atoms with van der Waals surface area (Å²) in [6, 6.07) is 9.07. The van der Waals surface area contributed by atoms with Crippen molar-refractivity contribution in [3.05, 3.63) is 57.7 Å². The van der Waals surface area contributed by atoms with E-state index in [1.165, 1.54) is 0 Å². The summed E-state index contributed by atoms with van der Waals surface area (Å²) in [6.07, 6.45) is 4.26. The molecule has 1 N–H and O–H groups in total. The predicted octanol–water partition coefficient (Wildman–Crippen LogP) is 4.76. The maximum absolute atomic E-state index is 12.8. The number of hydrogen-bond acceptors (Lipinski definition) is 2. The molecule has 1 heterocycles. The summed E-state index contributed by atoms with van der Waals surface area (Å²) in [7, 11) is 0. The SMILES string of the molecule is Cc1ccnc(NC(=O)C2(c3ccc(Cl)cc3Cl)CCC2)c1. The topological polar surface area (TPSA) is 42.0 Å². The maximum atomic E-state index is 12.8. The van der Waals surface area contributed by atoms with Crippen molar-refractivity contribution in [3.8, 4) is 0 Å². The number of hydrogen-bond donors (Lipinski definition) is 1. The number of aryl methyl sites for hydroxylation is 1. The molecule has 1 amide bonds. The van der Waals surface area contributed by atoms with Gasteiger partial charge in [0.05, 0.1) is 5.41 Å². The monoisotopic (exact) mass is 334 g/mol. The molecule has 3 nitrogen and oxygen atoms in total. The number of amides is 1. The number of anilines is 1. The van der Waals surface area contributed by atoms with Crippen LogP contribution in [-0.4, -0.2) is 10.9 Å². The molecule has 0 radical (unpaired) electrons. The van der Waals surface area contributed by atoms with Gasteiger partial charge in [-0.2, -0.15) is 0 Å². The minimum atomic E-state index is -0.576. The molecule has 1 saturated carbocycles. The zero-order valence-electron chi connectivity index (χ0n) is 12.2. The van der Waals surface area contributed by atoms with Crippen molar-refractivity contribution < 1.29 is 4.79 Å². The first-order valence-corrected chi connectivity index (χ1v) is 7.96. The van der Waals surface area contributed by atoms with Gasteiger partial charge in [-0.25, -0.2) is 4.98 Å². The fraction of sp³-hybridized carbons (Fsp3) is 0.294. The first-order chi connectivity index (χ1) is 10.5. The number of carbonyl (C=O) groups is 1. The van der Waals surface area contributed by atoms with Crippen molar-refractivity contribution in [2.75, 3.05) is 5.32 Å². The summed E-state index contributed by atoms with van der Waals surface area (Å²) in [4.78, 5) is 17.0. The van der Waals surface area contributed by atoms with Crippen LogP contribution in [0.1, 0.15) is 30.4 Å². The van der Waals surface area contributed by atoms with Crippen molar-refractivity contribution in [2.45, 2.75) is 31.6 Å². The van der Waals surface area contributed by atoms with Gasteiger partial charge in [-0.3, -0.25) is 4.79 Å². The summed E-state index contributed by atoms with van der Waals surface area (Å²) in [6.45, 7) is 1.96. The highest BCUT2D eigenvalue weighted by Gasteiger charge is 2.46. The van der Waals surface area contributed by atoms with E-state index < -0.39 is 5.41 Å². The summed E-state index contributed by atoms with van der Waals surface area (Å²) in [5.74, 6) is 0.516. The van der Waals surface area contributed by atoms with E-state index in [1.807, 2.05) is 25.1 Å². The number of halogens is 2. The van der Waals surface area contributed by atoms with E-state index in [1.54, 1.807) is 18.3 Å². The van der Waals surface area contributed by atoms with Gasteiger partial charge in [0.25, 0.3) is 0 Å². The van der Waals surface area contributed by atoms with Crippen LogP contribution in [-0.2, 0) is 10.2 Å². The Labute approximate surface area is 139 Å². The molecule has 0 bridgehead atoms. The Hall–Kier alpha value is -1.58. The van der Waals surface area contributed by atoms with Gasteiger partial charge in [0.2, 0.25) is 5.91 Å². The smallest absolute Gasteiger partial charge is 0.236 e. The first-order valence-electron chi connectivity index (χ1n) is 7.21. The van der Waals surface area contributed by atoms with E-state index in [2.05, 4.69) is 10.3 Å². The summed E-state index contributed by atoms with van der Waals surface area (Å²) in [5, 5.41) is 4.04. The number of carbonyl (C=O) groups excluding carboxylic acids is 1. The lowest BCUT2D eigenvalue weighted by atomic mass is 9.63. The number of rotatable bonds is 3. The molecule has 114 valence electrons. The van der Waals surface area contributed by atoms with Gasteiger partial charge in [0.15, 0.2) is 0 Å². The molecule has 0 saturated heterocycles. The third kappa shape index (κ3) is 2.71. The summed E-state index contributed by atoms with van der Waals surface area (Å²) < 4.78 is 0. The third-order valence-corrected chi connectivity index (χ3v) is 4.79. The Kier molecular flexibility index (Phi) is 4.11. The Balaban J connectivity index is 1.91. The standard InChI is InChI=1S/C17H16Cl2N2O/c1-11-5-8-20-15(9-11)21-16(22)17(6-2-7-17)13-4-3-12(18)10-14(13)19/h3-5,8-10H,2,6-7H2,1H3,(H,20,21,22). The number of benzene rings is 1. The molecule has 1 aliphatic rings. The lowest BCUT2D eigenvalue weighted by Crippen LogP contribution is -2.46. The highest BCUT2D eigenvalue weighted by molar-refractivity contribution is 6.35. The molecule has 1 fully saturated rings. The van der Waals surface area contributed by atoms with Crippen LogP contribution in [0.15, 0.2) is 36.5 Å². The van der Waals surface area contributed by atoms with Crippen molar-refractivity contribution in [1.29, 1.82) is 0 Å². The molecule has 0 atom stereocenters. The molecule has 1 aliphatic carbocycles. The van der Waals surface area contributed by atoms with Crippen LogP contribution in [0.4, 0.5) is 5.82 Å². The van der Waals surface area contributed by atoms with Gasteiger partial charge in [-0.15, -0.1) is 0 Å². The Morgan fingerprint density at radius 2 is 2.00 bits per heavy atom. The second-order valence-corrected chi connectivity index (χ2v) is 6.58. The number of nitrogens with zero attached hydrogens (tertiary/aromatic N) is 1. The van der Waals surface area contributed by atoms with E-state index in [9.17, 15) is 4.79 Å². The zero-order valence-corrected chi connectivity index (χ0v) is 13.7. The number of nitrogens with one attached hydrogen (secondary N) is 1. The van der Waals surface area contributed by atoms with Crippen LogP contribution >= 0.6 is 23.2 Å². The fourth-order valence-electron chi connectivity index (χ4n) is 2.87. The normalized spacial score (nSPS) is 16.0. The van der Waals surface area contributed by atoms with Crippen molar-refractivity contribution in [3.63, 3.8) is 0 Å². The van der Waals surface area contributed by atoms with Gasteiger partial charge in [-0.1, -0.05) is 35.7 Å². The Bertz CT molecular complexity index is 726. The molecule has 22 heavy (non-hydrogen) atoms. The van der Waals surface area contributed by atoms with Crippen LogP contribution in [0.5, 0.6) is 0 Å². The van der Waals surface area contributed by atoms with Gasteiger partial charge in [-0.05, 0) is 55.2 Å². The average Bonchev–Trinajstić information content (AvgIpc) is 2.40. The highest BCUT2D eigenvalue weighted by atomic mass is 35.5. The third-order valence-electron chi connectivity index (χ3n) is 4.25. The molecule has 0 aliphatic heterocycles. The highest BCUT2D eigenvalue weighted by Crippen LogP contribution is 2.47. The Morgan fingerprint density at radius 3 is 2.59 bits per heavy atom. The molecule has 1 aromatic heterocycles. The van der Waals surface area contributed by atoms with E-state index in [4.69, 9.17) is 23.2 Å². The molecule has 2 aromatic rings. The minimum Gasteiger partial charge on any atom is -0.310 e. The van der Waals surface area contributed by atoms with Gasteiger partial charge in [0, 0.05) is 16.2 Å². The summed E-state index contributed by atoms with van der Waals surface area (Å²) >= 11 is 12.3. The summed E-state index contributed by atoms with van der Waals surface area (Å²) in [5.41, 5.74) is 1.32. The van der Waals surface area contributed by atoms with Gasteiger partial charge < -0.3 is 5.32 Å². The zero-order chi connectivity index (χ0) is 15.7.